The molecule has 0 saturated carbocycles. The third kappa shape index (κ3) is 1.45. The van der Waals surface area contributed by atoms with E-state index in [-0.39, 0.29) is 0 Å². The maximum atomic E-state index is 4.23. The molecule has 1 aliphatic rings. The summed E-state index contributed by atoms with van der Waals surface area (Å²) >= 11 is 2.32. The molecule has 0 spiro atoms. The zero-order valence-corrected chi connectivity index (χ0v) is 8.21. The van der Waals surface area contributed by atoms with Gasteiger partial charge < -0.3 is 0 Å². The van der Waals surface area contributed by atoms with Gasteiger partial charge in [0.1, 0.15) is 0 Å². The lowest BCUT2D eigenvalue weighted by Gasteiger charge is -2.08. The molecule has 2 rings (SSSR count). The molecule has 0 atom stereocenters. The summed E-state index contributed by atoms with van der Waals surface area (Å²) in [6.45, 7) is 0.952. The standard InChI is InChI=1S/C9H8IN/c10-9-2-1-7-3-4-11-6-8(7)5-9/h1-2,5-6H,3-4H2. The van der Waals surface area contributed by atoms with Gasteiger partial charge in [0.15, 0.2) is 0 Å². The van der Waals surface area contributed by atoms with Crippen LogP contribution in [-0.2, 0) is 6.42 Å². The topological polar surface area (TPSA) is 12.4 Å². The van der Waals surface area contributed by atoms with E-state index in [1.807, 2.05) is 6.21 Å². The monoisotopic (exact) mass is 257 g/mol. The fourth-order valence-electron chi connectivity index (χ4n) is 1.26. The molecule has 0 amide bonds. The highest BCUT2D eigenvalue weighted by Gasteiger charge is 2.03. The molecule has 0 aromatic heterocycles. The van der Waals surface area contributed by atoms with Crippen molar-refractivity contribution in [3.63, 3.8) is 0 Å². The van der Waals surface area contributed by atoms with Gasteiger partial charge in [0.25, 0.3) is 0 Å². The summed E-state index contributed by atoms with van der Waals surface area (Å²) in [7, 11) is 0. The van der Waals surface area contributed by atoms with Gasteiger partial charge in [-0.25, -0.2) is 0 Å². The highest BCUT2D eigenvalue weighted by Crippen LogP contribution is 2.15. The third-order valence-electron chi connectivity index (χ3n) is 1.85. The molecular formula is C9H8IN. The molecule has 0 bridgehead atoms. The van der Waals surface area contributed by atoms with Crippen molar-refractivity contribution >= 4 is 28.8 Å². The van der Waals surface area contributed by atoms with E-state index in [1.54, 1.807) is 0 Å². The third-order valence-corrected chi connectivity index (χ3v) is 2.52. The van der Waals surface area contributed by atoms with E-state index in [0.717, 1.165) is 13.0 Å². The lowest BCUT2D eigenvalue weighted by atomic mass is 10.0. The summed E-state index contributed by atoms with van der Waals surface area (Å²) < 4.78 is 1.29. The van der Waals surface area contributed by atoms with Crippen LogP contribution in [-0.4, -0.2) is 12.8 Å². The van der Waals surface area contributed by atoms with Gasteiger partial charge in [0, 0.05) is 16.3 Å². The van der Waals surface area contributed by atoms with E-state index in [1.165, 1.54) is 14.7 Å². The molecule has 0 radical (unpaired) electrons. The van der Waals surface area contributed by atoms with Crippen LogP contribution in [0.4, 0.5) is 0 Å². The molecule has 0 aliphatic carbocycles. The largest absolute Gasteiger partial charge is 0.292 e. The lowest BCUT2D eigenvalue weighted by molar-refractivity contribution is 0.952. The van der Waals surface area contributed by atoms with E-state index in [0.29, 0.717) is 0 Å². The Hall–Kier alpha value is -0.380. The van der Waals surface area contributed by atoms with Crippen molar-refractivity contribution in [2.45, 2.75) is 6.42 Å². The molecule has 2 heteroatoms. The average molecular weight is 257 g/mol. The summed E-state index contributed by atoms with van der Waals surface area (Å²) in [4.78, 5) is 4.23. The first-order chi connectivity index (χ1) is 5.36. The number of benzene rings is 1. The average Bonchev–Trinajstić information content (AvgIpc) is 2.04. The van der Waals surface area contributed by atoms with E-state index in [9.17, 15) is 0 Å². The van der Waals surface area contributed by atoms with Crippen LogP contribution >= 0.6 is 22.6 Å². The molecule has 0 N–H and O–H groups in total. The van der Waals surface area contributed by atoms with Crippen LogP contribution in [0, 0.1) is 3.57 Å². The Balaban J connectivity index is 2.54. The molecular weight excluding hydrogens is 249 g/mol. The number of nitrogens with zero attached hydrogens (tertiary/aromatic N) is 1. The van der Waals surface area contributed by atoms with E-state index in [4.69, 9.17) is 0 Å². The van der Waals surface area contributed by atoms with E-state index < -0.39 is 0 Å². The number of hydrogen-bond acceptors (Lipinski definition) is 1. The highest BCUT2D eigenvalue weighted by molar-refractivity contribution is 14.1. The van der Waals surface area contributed by atoms with Gasteiger partial charge in [-0.15, -0.1) is 0 Å². The first kappa shape index (κ1) is 7.28. The first-order valence-corrected chi connectivity index (χ1v) is 4.72. The second kappa shape index (κ2) is 2.93. The van der Waals surface area contributed by atoms with Crippen molar-refractivity contribution in [2.24, 2.45) is 4.99 Å². The zero-order valence-electron chi connectivity index (χ0n) is 6.05. The predicted molar refractivity (Wildman–Crippen MR) is 55.3 cm³/mol. The second-order valence-corrected chi connectivity index (χ2v) is 3.87. The van der Waals surface area contributed by atoms with Crippen LogP contribution in [0.5, 0.6) is 0 Å². The summed E-state index contributed by atoms with van der Waals surface area (Å²) in [6, 6.07) is 6.53. The Labute approximate surface area is 79.7 Å². The summed E-state index contributed by atoms with van der Waals surface area (Å²) in [6.07, 6.45) is 3.07. The minimum absolute atomic E-state index is 0.952. The Kier molecular flexibility index (Phi) is 1.94. The van der Waals surface area contributed by atoms with Crippen molar-refractivity contribution in [1.29, 1.82) is 0 Å². The van der Waals surface area contributed by atoms with Crippen LogP contribution in [0.1, 0.15) is 11.1 Å². The number of rotatable bonds is 0. The first-order valence-electron chi connectivity index (χ1n) is 3.64. The summed E-state index contributed by atoms with van der Waals surface area (Å²) in [5.74, 6) is 0. The zero-order chi connectivity index (χ0) is 7.68. The Morgan fingerprint density at radius 1 is 1.36 bits per heavy atom. The van der Waals surface area contributed by atoms with Crippen molar-refractivity contribution in [3.05, 3.63) is 32.9 Å². The van der Waals surface area contributed by atoms with Gasteiger partial charge >= 0.3 is 0 Å². The van der Waals surface area contributed by atoms with Gasteiger partial charge in [0.05, 0.1) is 0 Å². The van der Waals surface area contributed by atoms with Crippen LogP contribution in [0.25, 0.3) is 0 Å². The molecule has 1 aromatic carbocycles. The SMILES string of the molecule is Ic1ccc2c(c1)C=NCC2. The normalized spacial score (nSPS) is 14.6. The van der Waals surface area contributed by atoms with E-state index in [2.05, 4.69) is 45.8 Å². The summed E-state index contributed by atoms with van der Waals surface area (Å²) in [5, 5.41) is 0. The molecule has 1 aliphatic heterocycles. The molecule has 0 fully saturated rings. The van der Waals surface area contributed by atoms with Gasteiger partial charge in [-0.1, -0.05) is 6.07 Å². The summed E-state index contributed by atoms with van der Waals surface area (Å²) in [5.41, 5.74) is 2.73. The van der Waals surface area contributed by atoms with Gasteiger partial charge in [-0.3, -0.25) is 4.99 Å². The molecule has 56 valence electrons. The van der Waals surface area contributed by atoms with Crippen molar-refractivity contribution in [3.8, 4) is 0 Å². The van der Waals surface area contributed by atoms with Crippen molar-refractivity contribution in [1.82, 2.24) is 0 Å². The lowest BCUT2D eigenvalue weighted by Crippen LogP contribution is -2.02. The second-order valence-electron chi connectivity index (χ2n) is 2.63. The van der Waals surface area contributed by atoms with Crippen LogP contribution < -0.4 is 0 Å². The van der Waals surface area contributed by atoms with Crippen LogP contribution in [0.3, 0.4) is 0 Å². The Morgan fingerprint density at radius 3 is 3.18 bits per heavy atom. The van der Waals surface area contributed by atoms with Crippen molar-refractivity contribution in [2.75, 3.05) is 6.54 Å². The van der Waals surface area contributed by atoms with Crippen LogP contribution in [0.15, 0.2) is 23.2 Å². The van der Waals surface area contributed by atoms with Gasteiger partial charge in [-0.05, 0) is 52.3 Å². The van der Waals surface area contributed by atoms with Gasteiger partial charge in [0.2, 0.25) is 0 Å². The molecule has 1 aromatic rings. The van der Waals surface area contributed by atoms with Gasteiger partial charge in [-0.2, -0.15) is 0 Å². The fraction of sp³-hybridized carbons (Fsp3) is 0.222. The fourth-order valence-corrected chi connectivity index (χ4v) is 1.78. The molecule has 0 saturated heterocycles. The van der Waals surface area contributed by atoms with Crippen LogP contribution in [0.2, 0.25) is 0 Å². The Bertz CT molecular complexity index is 304. The highest BCUT2D eigenvalue weighted by atomic mass is 127. The molecule has 1 nitrogen and oxygen atoms in total. The van der Waals surface area contributed by atoms with E-state index >= 15 is 0 Å². The number of fused-ring (bicyclic) bond motifs is 1. The molecule has 1 heterocycles. The number of aliphatic imine (C=N–C) groups is 1. The van der Waals surface area contributed by atoms with Crippen molar-refractivity contribution < 1.29 is 0 Å². The quantitative estimate of drug-likeness (QED) is 0.632. The minimum atomic E-state index is 0.952. The number of halogens is 1. The number of hydrogen-bond donors (Lipinski definition) is 0. The maximum absolute atomic E-state index is 4.23. The minimum Gasteiger partial charge on any atom is -0.292 e. The predicted octanol–water partition coefficient (Wildman–Crippen LogP) is 2.27. The molecule has 0 unspecified atom stereocenters. The Morgan fingerprint density at radius 2 is 2.27 bits per heavy atom. The smallest absolute Gasteiger partial charge is 0.0430 e. The molecule has 11 heavy (non-hydrogen) atoms. The maximum Gasteiger partial charge on any atom is 0.0430 e.